The number of rotatable bonds is 4. The van der Waals surface area contributed by atoms with Crippen molar-refractivity contribution in [1.82, 2.24) is 9.29 Å². The van der Waals surface area contributed by atoms with Gasteiger partial charge in [-0.1, -0.05) is 11.3 Å². The highest BCUT2D eigenvalue weighted by atomic mass is 32.2. The molecule has 21 heavy (non-hydrogen) atoms. The summed E-state index contributed by atoms with van der Waals surface area (Å²) in [7, 11) is -3.57. The predicted molar refractivity (Wildman–Crippen MR) is 79.9 cm³/mol. The molecule has 0 bridgehead atoms. The van der Waals surface area contributed by atoms with Crippen molar-refractivity contribution < 1.29 is 18.3 Å². The Balaban J connectivity index is 1.89. The first-order valence-electron chi connectivity index (χ1n) is 6.37. The minimum atomic E-state index is -3.57. The summed E-state index contributed by atoms with van der Waals surface area (Å²) in [4.78, 5) is 15.1. The number of carbonyl (C=O) groups is 1. The number of fused-ring (bicyclic) bond motifs is 1. The molecule has 1 aliphatic heterocycles. The van der Waals surface area contributed by atoms with Gasteiger partial charge in [0.15, 0.2) is 5.13 Å². The maximum atomic E-state index is 12.1. The van der Waals surface area contributed by atoms with Gasteiger partial charge in [-0.05, 0) is 31.0 Å². The van der Waals surface area contributed by atoms with Crippen molar-refractivity contribution in [3.8, 4) is 0 Å². The lowest BCUT2D eigenvalue weighted by Gasteiger charge is -2.14. The molecule has 1 fully saturated rings. The Kier molecular flexibility index (Phi) is 3.56. The number of aromatic carboxylic acids is 1. The van der Waals surface area contributed by atoms with Crippen LogP contribution in [-0.2, 0) is 10.2 Å². The number of nitrogens with one attached hydrogen (secondary N) is 1. The molecule has 1 aromatic carbocycles. The summed E-state index contributed by atoms with van der Waals surface area (Å²) in [5, 5.41) is 9.20. The van der Waals surface area contributed by atoms with Crippen LogP contribution in [0.5, 0.6) is 0 Å². The minimum Gasteiger partial charge on any atom is -0.478 e. The normalized spacial score (nSPS) is 16.4. The van der Waals surface area contributed by atoms with E-state index >= 15 is 0 Å². The first-order valence-corrected chi connectivity index (χ1v) is 8.63. The van der Waals surface area contributed by atoms with E-state index in [0.29, 0.717) is 23.3 Å². The number of carboxylic acids is 1. The third-order valence-corrected chi connectivity index (χ3v) is 5.82. The molecule has 0 radical (unpaired) electrons. The van der Waals surface area contributed by atoms with Gasteiger partial charge >= 0.3 is 16.2 Å². The van der Waals surface area contributed by atoms with Gasteiger partial charge < -0.3 is 5.11 Å². The highest BCUT2D eigenvalue weighted by Crippen LogP contribution is 2.28. The van der Waals surface area contributed by atoms with Gasteiger partial charge in [-0.2, -0.15) is 12.7 Å². The first-order chi connectivity index (χ1) is 9.95. The van der Waals surface area contributed by atoms with Crippen LogP contribution in [-0.4, -0.2) is 41.9 Å². The number of benzene rings is 1. The smallest absolute Gasteiger partial charge is 0.335 e. The molecule has 0 unspecified atom stereocenters. The first kappa shape index (κ1) is 14.2. The Morgan fingerprint density at radius 3 is 2.71 bits per heavy atom. The molecular formula is C12H13N3O4S2. The zero-order chi connectivity index (χ0) is 15.0. The fourth-order valence-corrected chi connectivity index (χ4v) is 4.58. The van der Waals surface area contributed by atoms with E-state index in [2.05, 4.69) is 9.71 Å². The molecular weight excluding hydrogens is 314 g/mol. The Hall–Kier alpha value is -1.71. The third kappa shape index (κ3) is 2.85. The number of hydrogen-bond donors (Lipinski definition) is 2. The number of hydrogen-bond acceptors (Lipinski definition) is 5. The average Bonchev–Trinajstić information content (AvgIpc) is 3.06. The fraction of sp³-hybridized carbons (Fsp3) is 0.333. The summed E-state index contributed by atoms with van der Waals surface area (Å²) >= 11 is 1.12. The molecule has 1 saturated heterocycles. The van der Waals surface area contributed by atoms with E-state index in [0.717, 1.165) is 24.2 Å². The number of carboxylic acid groups (broad SMARTS) is 1. The van der Waals surface area contributed by atoms with Crippen molar-refractivity contribution in [1.29, 1.82) is 0 Å². The van der Waals surface area contributed by atoms with Crippen molar-refractivity contribution in [2.75, 3.05) is 17.8 Å². The molecule has 112 valence electrons. The lowest BCUT2D eigenvalue weighted by atomic mass is 10.2. The lowest BCUT2D eigenvalue weighted by molar-refractivity contribution is 0.0697. The van der Waals surface area contributed by atoms with Gasteiger partial charge in [0.2, 0.25) is 0 Å². The van der Waals surface area contributed by atoms with Crippen LogP contribution in [0.15, 0.2) is 18.2 Å². The maximum Gasteiger partial charge on any atom is 0.335 e. The van der Waals surface area contributed by atoms with E-state index in [-0.39, 0.29) is 10.7 Å². The van der Waals surface area contributed by atoms with Gasteiger partial charge in [0, 0.05) is 13.1 Å². The average molecular weight is 327 g/mol. The number of anilines is 1. The number of thiazole rings is 1. The quantitative estimate of drug-likeness (QED) is 0.891. The van der Waals surface area contributed by atoms with E-state index in [1.54, 1.807) is 6.07 Å². The van der Waals surface area contributed by atoms with Crippen LogP contribution >= 0.6 is 11.3 Å². The van der Waals surface area contributed by atoms with Crippen LogP contribution in [0, 0.1) is 0 Å². The summed E-state index contributed by atoms with van der Waals surface area (Å²) in [6.07, 6.45) is 1.73. The largest absolute Gasteiger partial charge is 0.478 e. The van der Waals surface area contributed by atoms with Crippen LogP contribution in [0.4, 0.5) is 5.13 Å². The Labute approximate surface area is 125 Å². The molecule has 0 atom stereocenters. The molecule has 0 amide bonds. The Morgan fingerprint density at radius 1 is 1.33 bits per heavy atom. The molecule has 0 saturated carbocycles. The van der Waals surface area contributed by atoms with Crippen molar-refractivity contribution in [3.63, 3.8) is 0 Å². The summed E-state index contributed by atoms with van der Waals surface area (Å²) in [5.74, 6) is -1.02. The fourth-order valence-electron chi connectivity index (χ4n) is 2.20. The summed E-state index contributed by atoms with van der Waals surface area (Å²) < 4.78 is 28.8. The van der Waals surface area contributed by atoms with Crippen LogP contribution in [0.25, 0.3) is 10.2 Å². The van der Waals surface area contributed by atoms with Gasteiger partial charge in [-0.15, -0.1) is 0 Å². The Bertz CT molecular complexity index is 794. The monoisotopic (exact) mass is 327 g/mol. The SMILES string of the molecule is O=C(O)c1ccc2nc(NS(=O)(=O)N3CCCC3)sc2c1. The van der Waals surface area contributed by atoms with E-state index < -0.39 is 16.2 Å². The predicted octanol–water partition coefficient (Wildman–Crippen LogP) is 1.75. The van der Waals surface area contributed by atoms with Gasteiger partial charge in [0.25, 0.3) is 0 Å². The molecule has 1 aromatic heterocycles. The molecule has 0 spiro atoms. The summed E-state index contributed by atoms with van der Waals surface area (Å²) in [5.41, 5.74) is 0.726. The van der Waals surface area contributed by atoms with Crippen LogP contribution in [0.1, 0.15) is 23.2 Å². The maximum absolute atomic E-state index is 12.1. The topological polar surface area (TPSA) is 99.6 Å². The van der Waals surface area contributed by atoms with Gasteiger partial charge in [-0.3, -0.25) is 0 Å². The molecule has 7 nitrogen and oxygen atoms in total. The van der Waals surface area contributed by atoms with Gasteiger partial charge in [0.05, 0.1) is 15.8 Å². The van der Waals surface area contributed by atoms with Gasteiger partial charge in [0.1, 0.15) is 0 Å². The molecule has 0 aliphatic carbocycles. The van der Waals surface area contributed by atoms with Crippen LogP contribution in [0.3, 0.4) is 0 Å². The summed E-state index contributed by atoms with van der Waals surface area (Å²) in [6.45, 7) is 1.03. The standard InChI is InChI=1S/C12H13N3O4S2/c16-11(17)8-3-4-9-10(7-8)20-12(13-9)14-21(18,19)15-5-1-2-6-15/h3-4,7H,1-2,5-6H2,(H,13,14)(H,16,17). The van der Waals surface area contributed by atoms with Crippen molar-refractivity contribution in [2.45, 2.75) is 12.8 Å². The molecule has 1 aliphatic rings. The van der Waals surface area contributed by atoms with Crippen molar-refractivity contribution >= 4 is 42.9 Å². The molecule has 2 aromatic rings. The van der Waals surface area contributed by atoms with E-state index in [1.165, 1.54) is 16.4 Å². The highest BCUT2D eigenvalue weighted by Gasteiger charge is 2.26. The molecule has 2 N–H and O–H groups in total. The van der Waals surface area contributed by atoms with Crippen molar-refractivity contribution in [2.24, 2.45) is 0 Å². The second-order valence-corrected chi connectivity index (χ2v) is 7.42. The highest BCUT2D eigenvalue weighted by molar-refractivity contribution is 7.90. The second kappa shape index (κ2) is 5.24. The Morgan fingerprint density at radius 2 is 2.05 bits per heavy atom. The van der Waals surface area contributed by atoms with E-state index in [9.17, 15) is 13.2 Å². The van der Waals surface area contributed by atoms with Crippen LogP contribution in [0.2, 0.25) is 0 Å². The molecule has 3 rings (SSSR count). The second-order valence-electron chi connectivity index (χ2n) is 4.72. The number of aromatic nitrogens is 1. The molecule has 9 heteroatoms. The van der Waals surface area contributed by atoms with E-state index in [1.807, 2.05) is 0 Å². The number of nitrogens with zero attached hydrogens (tertiary/aromatic N) is 2. The summed E-state index contributed by atoms with van der Waals surface area (Å²) in [6, 6.07) is 4.51. The van der Waals surface area contributed by atoms with E-state index in [4.69, 9.17) is 5.11 Å². The lowest BCUT2D eigenvalue weighted by Crippen LogP contribution is -2.33. The van der Waals surface area contributed by atoms with Crippen LogP contribution < -0.4 is 4.72 Å². The zero-order valence-corrected chi connectivity index (χ0v) is 12.6. The third-order valence-electron chi connectivity index (χ3n) is 3.26. The zero-order valence-electron chi connectivity index (χ0n) is 10.9. The molecule has 2 heterocycles. The van der Waals surface area contributed by atoms with Crippen molar-refractivity contribution in [3.05, 3.63) is 23.8 Å². The minimum absolute atomic E-state index is 0.153. The van der Waals surface area contributed by atoms with Gasteiger partial charge in [-0.25, -0.2) is 14.5 Å².